The molecule has 1 aliphatic heterocycles. The molecule has 0 N–H and O–H groups in total. The van der Waals surface area contributed by atoms with Crippen molar-refractivity contribution in [2.75, 3.05) is 0 Å². The molecule has 0 nitrogen and oxygen atoms in total. The van der Waals surface area contributed by atoms with Crippen LogP contribution in [0.4, 0.5) is 0 Å². The van der Waals surface area contributed by atoms with Gasteiger partial charge in [-0.1, -0.05) is 0 Å². The fraction of sp³-hybridized carbons (Fsp3) is 0. The molecule has 0 aromatic rings. The summed E-state index contributed by atoms with van der Waals surface area (Å²) in [5.41, 5.74) is 4.65. The standard InChI is InChI=1S/C2H2Si4/c1-2-4-6-5-3-1/h1-2H. The second-order valence-electron chi connectivity index (χ2n) is 0.872. The minimum atomic E-state index is 1.17. The summed E-state index contributed by atoms with van der Waals surface area (Å²) in [6.45, 7) is 0. The Bertz CT molecular complexity index is 50.6. The molecule has 0 aliphatic carbocycles. The average molecular weight is 138 g/mol. The SMILES string of the molecule is C1=C[Si][Si][Si][Si]1. The monoisotopic (exact) mass is 138 g/mol. The lowest BCUT2D eigenvalue weighted by Gasteiger charge is -1.92. The van der Waals surface area contributed by atoms with Crippen molar-refractivity contribution >= 4 is 35.2 Å². The molecule has 0 spiro atoms. The third-order valence-corrected chi connectivity index (χ3v) is 11.2. The van der Waals surface area contributed by atoms with Crippen molar-refractivity contribution in [3.8, 4) is 0 Å². The molecule has 26 valence electrons. The van der Waals surface area contributed by atoms with Gasteiger partial charge in [0.1, 0.15) is 0 Å². The maximum Gasteiger partial charge on any atom is 0.0491 e. The summed E-state index contributed by atoms with van der Waals surface area (Å²) in [6, 6.07) is 0. The van der Waals surface area contributed by atoms with Crippen molar-refractivity contribution in [3.05, 3.63) is 11.4 Å². The molecular weight excluding hydrogens is 136 g/mol. The van der Waals surface area contributed by atoms with Gasteiger partial charge in [0.15, 0.2) is 0 Å². The summed E-state index contributed by atoms with van der Waals surface area (Å²) in [5, 5.41) is 0. The van der Waals surface area contributed by atoms with E-state index in [2.05, 4.69) is 11.4 Å². The van der Waals surface area contributed by atoms with Crippen LogP contribution in [0.3, 0.4) is 0 Å². The van der Waals surface area contributed by atoms with Gasteiger partial charge in [0.05, 0.1) is 0 Å². The lowest BCUT2D eigenvalue weighted by Crippen LogP contribution is -2.20. The first-order valence-corrected chi connectivity index (χ1v) is 8.82. The normalized spacial score (nSPS) is 21.3. The van der Waals surface area contributed by atoms with Crippen molar-refractivity contribution in [2.24, 2.45) is 0 Å². The Labute approximate surface area is 47.1 Å². The summed E-state index contributed by atoms with van der Waals surface area (Å²) >= 11 is 0. The van der Waals surface area contributed by atoms with Crippen LogP contribution in [-0.2, 0) is 0 Å². The topological polar surface area (TPSA) is 0 Å². The summed E-state index contributed by atoms with van der Waals surface area (Å²) in [4.78, 5) is 0. The second-order valence-corrected chi connectivity index (χ2v) is 10.3. The van der Waals surface area contributed by atoms with Gasteiger partial charge in [0, 0.05) is 35.2 Å². The zero-order chi connectivity index (χ0) is 4.24. The number of rotatable bonds is 0. The summed E-state index contributed by atoms with van der Waals surface area (Å²) < 4.78 is 0. The van der Waals surface area contributed by atoms with Crippen LogP contribution in [0.15, 0.2) is 11.4 Å². The van der Waals surface area contributed by atoms with E-state index in [9.17, 15) is 0 Å². The minimum absolute atomic E-state index is 1.17. The highest BCUT2D eigenvalue weighted by Gasteiger charge is 1.92. The first kappa shape index (κ1) is 4.76. The lowest BCUT2D eigenvalue weighted by molar-refractivity contribution is 2.46. The molecule has 0 saturated carbocycles. The smallest absolute Gasteiger partial charge is 0.0491 e. The van der Waals surface area contributed by atoms with Gasteiger partial charge in [-0.3, -0.25) is 0 Å². The van der Waals surface area contributed by atoms with E-state index in [1.807, 2.05) is 0 Å². The fourth-order valence-electron chi connectivity index (χ4n) is 0.239. The van der Waals surface area contributed by atoms with E-state index in [1.54, 1.807) is 0 Å². The molecule has 1 aliphatic rings. The van der Waals surface area contributed by atoms with Gasteiger partial charge in [-0.05, 0) is 0 Å². The second kappa shape index (κ2) is 2.73. The largest absolute Gasteiger partial charge is 0.111 e. The van der Waals surface area contributed by atoms with Gasteiger partial charge in [-0.25, -0.2) is 0 Å². The maximum absolute atomic E-state index is 2.33. The van der Waals surface area contributed by atoms with E-state index >= 15 is 0 Å². The Morgan fingerprint density at radius 3 is 1.50 bits per heavy atom. The quantitative estimate of drug-likeness (QED) is 0.378. The van der Waals surface area contributed by atoms with Crippen LogP contribution in [0.25, 0.3) is 0 Å². The molecule has 1 heterocycles. The predicted molar refractivity (Wildman–Crippen MR) is 32.2 cm³/mol. The Hall–Kier alpha value is 0.608. The molecule has 0 aromatic heterocycles. The third-order valence-electron chi connectivity index (χ3n) is 0.457. The van der Waals surface area contributed by atoms with Crippen LogP contribution < -0.4 is 0 Å². The van der Waals surface area contributed by atoms with Crippen LogP contribution in [0, 0.1) is 0 Å². The molecule has 0 aromatic carbocycles. The highest BCUT2D eigenvalue weighted by molar-refractivity contribution is 7.47. The van der Waals surface area contributed by atoms with E-state index in [1.165, 1.54) is 35.2 Å². The summed E-state index contributed by atoms with van der Waals surface area (Å²) in [5.74, 6) is 0. The third kappa shape index (κ3) is 1.37. The van der Waals surface area contributed by atoms with Gasteiger partial charge in [0.2, 0.25) is 0 Å². The Balaban J connectivity index is 2.26. The van der Waals surface area contributed by atoms with Gasteiger partial charge in [0.25, 0.3) is 0 Å². The zero-order valence-electron chi connectivity index (χ0n) is 3.15. The first-order chi connectivity index (χ1) is 3.00. The summed E-state index contributed by atoms with van der Waals surface area (Å²) in [6.07, 6.45) is 0. The van der Waals surface area contributed by atoms with Crippen molar-refractivity contribution in [1.82, 2.24) is 0 Å². The Morgan fingerprint density at radius 2 is 1.33 bits per heavy atom. The van der Waals surface area contributed by atoms with Gasteiger partial charge in [-0.15, -0.1) is 11.4 Å². The molecule has 0 bridgehead atoms. The molecule has 0 fully saturated rings. The van der Waals surface area contributed by atoms with Gasteiger partial charge in [-0.2, -0.15) is 0 Å². The van der Waals surface area contributed by atoms with Crippen LogP contribution in [-0.4, -0.2) is 35.2 Å². The molecule has 1 rings (SSSR count). The number of hydrogen-bond acceptors (Lipinski definition) is 0. The van der Waals surface area contributed by atoms with E-state index in [0.29, 0.717) is 0 Å². The van der Waals surface area contributed by atoms with Crippen LogP contribution in [0.1, 0.15) is 0 Å². The first-order valence-electron chi connectivity index (χ1n) is 1.66. The highest BCUT2D eigenvalue weighted by atomic mass is 29.7. The molecule has 0 saturated heterocycles. The Kier molecular flexibility index (Phi) is 2.16. The zero-order valence-corrected chi connectivity index (χ0v) is 7.15. The predicted octanol–water partition coefficient (Wildman–Crippen LogP) is -0.967. The van der Waals surface area contributed by atoms with Crippen molar-refractivity contribution in [3.63, 3.8) is 0 Å². The molecule has 8 radical (unpaired) electrons. The lowest BCUT2D eigenvalue weighted by atomic mass is 11.2. The molecule has 4 heteroatoms. The van der Waals surface area contributed by atoms with Gasteiger partial charge >= 0.3 is 0 Å². The Morgan fingerprint density at radius 1 is 0.833 bits per heavy atom. The van der Waals surface area contributed by atoms with Crippen molar-refractivity contribution < 1.29 is 0 Å². The fourth-order valence-corrected chi connectivity index (χ4v) is 10.3. The number of hydrogen-bond donors (Lipinski definition) is 0. The average Bonchev–Trinajstić information content (AvgIpc) is 1.72. The molecule has 0 unspecified atom stereocenters. The van der Waals surface area contributed by atoms with E-state index < -0.39 is 0 Å². The van der Waals surface area contributed by atoms with E-state index in [-0.39, 0.29) is 0 Å². The highest BCUT2D eigenvalue weighted by Crippen LogP contribution is 1.71. The summed E-state index contributed by atoms with van der Waals surface area (Å²) in [7, 11) is 4.90. The van der Waals surface area contributed by atoms with Crippen LogP contribution in [0.5, 0.6) is 0 Å². The molecular formula is C2H2Si4. The van der Waals surface area contributed by atoms with Crippen LogP contribution >= 0.6 is 0 Å². The van der Waals surface area contributed by atoms with Crippen molar-refractivity contribution in [1.29, 1.82) is 0 Å². The van der Waals surface area contributed by atoms with E-state index in [4.69, 9.17) is 0 Å². The maximum atomic E-state index is 2.33. The van der Waals surface area contributed by atoms with Crippen LogP contribution in [0.2, 0.25) is 0 Å². The molecule has 6 heavy (non-hydrogen) atoms. The van der Waals surface area contributed by atoms with E-state index in [0.717, 1.165) is 0 Å². The molecule has 0 atom stereocenters. The molecule has 0 amide bonds. The minimum Gasteiger partial charge on any atom is -0.111 e. The van der Waals surface area contributed by atoms with Gasteiger partial charge < -0.3 is 0 Å². The van der Waals surface area contributed by atoms with Crippen molar-refractivity contribution in [2.45, 2.75) is 0 Å².